The first-order chi connectivity index (χ1) is 7.50. The van der Waals surface area contributed by atoms with Crippen LogP contribution in [0.5, 0.6) is 0 Å². The van der Waals surface area contributed by atoms with E-state index in [1.807, 2.05) is 0 Å². The molecule has 0 aliphatic carbocycles. The van der Waals surface area contributed by atoms with Crippen LogP contribution in [0.15, 0.2) is 12.3 Å². The monoisotopic (exact) mass is 219 g/mol. The Labute approximate surface area is 101 Å². The summed E-state index contributed by atoms with van der Waals surface area (Å²) >= 11 is 0. The van der Waals surface area contributed by atoms with E-state index in [1.165, 1.54) is 18.5 Å². The van der Waals surface area contributed by atoms with E-state index in [9.17, 15) is 0 Å². The van der Waals surface area contributed by atoms with Crippen LogP contribution >= 0.6 is 0 Å². The fraction of sp³-hybridized carbons (Fsp3) is 0.733. The maximum absolute atomic E-state index is 4.17. The van der Waals surface area contributed by atoms with Crippen molar-refractivity contribution in [3.63, 3.8) is 0 Å². The van der Waals surface area contributed by atoms with E-state index in [0.29, 0.717) is 17.8 Å². The summed E-state index contributed by atoms with van der Waals surface area (Å²) in [4.78, 5) is 2.43. The smallest absolute Gasteiger partial charge is 0.0236 e. The van der Waals surface area contributed by atoms with Gasteiger partial charge in [-0.15, -0.1) is 5.92 Å². The minimum absolute atomic E-state index is 0.503. The van der Waals surface area contributed by atoms with Crippen molar-refractivity contribution in [1.82, 2.24) is 4.90 Å². The molecule has 1 rings (SSSR count). The first kappa shape index (κ1) is 13.2. The van der Waals surface area contributed by atoms with Gasteiger partial charge in [0.2, 0.25) is 0 Å². The van der Waals surface area contributed by atoms with Crippen molar-refractivity contribution in [1.29, 1.82) is 0 Å². The first-order valence-electron chi connectivity index (χ1n) is 6.45. The zero-order chi connectivity index (χ0) is 12.1. The van der Waals surface area contributed by atoms with Crippen LogP contribution in [-0.4, -0.2) is 18.0 Å². The molecule has 0 bridgehead atoms. The Morgan fingerprint density at radius 1 is 1.19 bits per heavy atom. The Balaban J connectivity index is 2.41. The van der Waals surface area contributed by atoms with Crippen molar-refractivity contribution in [3.05, 3.63) is 12.3 Å². The average Bonchev–Trinajstić information content (AvgIpc) is 2.26. The zero-order valence-corrected chi connectivity index (χ0v) is 11.2. The number of hydrogen-bond acceptors (Lipinski definition) is 1. The van der Waals surface area contributed by atoms with Crippen LogP contribution in [0.4, 0.5) is 0 Å². The third kappa shape index (κ3) is 3.93. The molecule has 1 saturated heterocycles. The van der Waals surface area contributed by atoms with E-state index >= 15 is 0 Å². The summed E-state index contributed by atoms with van der Waals surface area (Å²) in [5, 5.41) is 0. The summed E-state index contributed by atoms with van der Waals surface area (Å²) in [7, 11) is 0. The number of rotatable bonds is 2. The molecule has 0 amide bonds. The van der Waals surface area contributed by atoms with Gasteiger partial charge in [0, 0.05) is 30.6 Å². The molecule has 0 N–H and O–H groups in total. The third-order valence-electron chi connectivity index (χ3n) is 3.14. The minimum Gasteiger partial charge on any atom is -0.375 e. The Hall–Kier alpha value is -0.900. The van der Waals surface area contributed by atoms with E-state index < -0.39 is 0 Å². The molecule has 1 fully saturated rings. The Kier molecular flexibility index (Phi) is 4.93. The van der Waals surface area contributed by atoms with Crippen LogP contribution in [0, 0.1) is 29.6 Å². The van der Waals surface area contributed by atoms with Crippen molar-refractivity contribution in [2.75, 3.05) is 13.1 Å². The molecule has 0 atom stereocenters. The lowest BCUT2D eigenvalue weighted by Gasteiger charge is -2.34. The number of hydrogen-bond donors (Lipinski definition) is 0. The molecule has 1 heterocycles. The topological polar surface area (TPSA) is 3.24 Å². The average molecular weight is 219 g/mol. The van der Waals surface area contributed by atoms with Gasteiger partial charge in [0.15, 0.2) is 0 Å². The molecule has 0 aromatic heterocycles. The fourth-order valence-corrected chi connectivity index (χ4v) is 1.96. The van der Waals surface area contributed by atoms with Crippen LogP contribution in [0.25, 0.3) is 0 Å². The number of piperidine rings is 1. The lowest BCUT2D eigenvalue weighted by atomic mass is 9.95. The van der Waals surface area contributed by atoms with Gasteiger partial charge in [-0.3, -0.25) is 0 Å². The predicted octanol–water partition coefficient (Wildman–Crippen LogP) is 3.53. The maximum Gasteiger partial charge on any atom is 0.0236 e. The molecule has 90 valence electrons. The van der Waals surface area contributed by atoms with Gasteiger partial charge >= 0.3 is 0 Å². The normalized spacial score (nSPS) is 17.5. The standard InChI is InChI=1S/C15H25N/c1-12(2)6-7-15-8-10-16(11-9-15)14(5)13(3)4/h12-13,15H,5,8-11H2,1-4H3. The molecule has 1 nitrogen and oxygen atoms in total. The number of allylic oxidation sites excluding steroid dienone is 1. The first-order valence-corrected chi connectivity index (χ1v) is 6.45. The predicted molar refractivity (Wildman–Crippen MR) is 70.9 cm³/mol. The van der Waals surface area contributed by atoms with E-state index in [0.717, 1.165) is 13.1 Å². The molecule has 1 heteroatoms. The SMILES string of the molecule is C=C(C(C)C)N1CCC(C#CC(C)C)CC1. The van der Waals surface area contributed by atoms with Crippen LogP contribution in [0.1, 0.15) is 40.5 Å². The number of nitrogens with zero attached hydrogens (tertiary/aromatic N) is 1. The van der Waals surface area contributed by atoms with Crippen molar-refractivity contribution < 1.29 is 0 Å². The zero-order valence-electron chi connectivity index (χ0n) is 11.2. The van der Waals surface area contributed by atoms with Gasteiger partial charge in [0.25, 0.3) is 0 Å². The summed E-state index contributed by atoms with van der Waals surface area (Å²) in [6.07, 6.45) is 2.40. The summed E-state index contributed by atoms with van der Waals surface area (Å²) in [6, 6.07) is 0. The van der Waals surface area contributed by atoms with Gasteiger partial charge < -0.3 is 4.90 Å². The summed E-state index contributed by atoms with van der Waals surface area (Å²) in [5.74, 6) is 8.38. The Morgan fingerprint density at radius 2 is 1.75 bits per heavy atom. The maximum atomic E-state index is 4.17. The van der Waals surface area contributed by atoms with Crippen LogP contribution < -0.4 is 0 Å². The largest absolute Gasteiger partial charge is 0.375 e. The molecule has 1 aliphatic rings. The van der Waals surface area contributed by atoms with Gasteiger partial charge in [-0.05, 0) is 18.8 Å². The molecule has 0 spiro atoms. The highest BCUT2D eigenvalue weighted by Crippen LogP contribution is 2.22. The lowest BCUT2D eigenvalue weighted by molar-refractivity contribution is 0.238. The second-order valence-corrected chi connectivity index (χ2v) is 5.35. The van der Waals surface area contributed by atoms with Gasteiger partial charge in [-0.2, -0.15) is 0 Å². The van der Waals surface area contributed by atoms with E-state index in [-0.39, 0.29) is 0 Å². The Bertz CT molecular complexity index is 282. The highest BCUT2D eigenvalue weighted by molar-refractivity contribution is 5.08. The molecule has 0 unspecified atom stereocenters. The summed E-state index contributed by atoms with van der Waals surface area (Å²) < 4.78 is 0. The second-order valence-electron chi connectivity index (χ2n) is 5.35. The molecule has 0 radical (unpaired) electrons. The minimum atomic E-state index is 0.503. The van der Waals surface area contributed by atoms with E-state index in [4.69, 9.17) is 0 Å². The van der Waals surface area contributed by atoms with Crippen molar-refractivity contribution in [2.24, 2.45) is 17.8 Å². The molecule has 0 saturated carbocycles. The highest BCUT2D eigenvalue weighted by atomic mass is 15.1. The third-order valence-corrected chi connectivity index (χ3v) is 3.14. The van der Waals surface area contributed by atoms with Gasteiger partial charge in [0.1, 0.15) is 0 Å². The van der Waals surface area contributed by atoms with E-state index in [2.05, 4.69) is 51.0 Å². The molecule has 1 aliphatic heterocycles. The molecule has 16 heavy (non-hydrogen) atoms. The van der Waals surface area contributed by atoms with Crippen LogP contribution in [0.3, 0.4) is 0 Å². The summed E-state index contributed by atoms with van der Waals surface area (Å²) in [6.45, 7) is 15.2. The van der Waals surface area contributed by atoms with E-state index in [1.54, 1.807) is 0 Å². The molecule has 0 aromatic carbocycles. The van der Waals surface area contributed by atoms with Gasteiger partial charge in [-0.1, -0.05) is 40.2 Å². The highest BCUT2D eigenvalue weighted by Gasteiger charge is 2.19. The van der Waals surface area contributed by atoms with Crippen LogP contribution in [-0.2, 0) is 0 Å². The van der Waals surface area contributed by atoms with Crippen molar-refractivity contribution in [2.45, 2.75) is 40.5 Å². The quantitative estimate of drug-likeness (QED) is 0.642. The van der Waals surface area contributed by atoms with Crippen molar-refractivity contribution in [3.8, 4) is 11.8 Å². The van der Waals surface area contributed by atoms with Gasteiger partial charge in [-0.25, -0.2) is 0 Å². The molecular formula is C15H25N. The molecular weight excluding hydrogens is 194 g/mol. The fourth-order valence-electron chi connectivity index (χ4n) is 1.96. The lowest BCUT2D eigenvalue weighted by Crippen LogP contribution is -2.33. The second kappa shape index (κ2) is 5.99. The number of likely N-dealkylation sites (tertiary alicyclic amines) is 1. The molecule has 0 aromatic rings. The van der Waals surface area contributed by atoms with Crippen LogP contribution in [0.2, 0.25) is 0 Å². The van der Waals surface area contributed by atoms with Gasteiger partial charge in [0.05, 0.1) is 0 Å². The summed E-state index contributed by atoms with van der Waals surface area (Å²) in [5.41, 5.74) is 1.29. The van der Waals surface area contributed by atoms with Crippen molar-refractivity contribution >= 4 is 0 Å². The Morgan fingerprint density at radius 3 is 2.19 bits per heavy atom.